The highest BCUT2D eigenvalue weighted by Gasteiger charge is 2.02. The van der Waals surface area contributed by atoms with Crippen LogP contribution in [-0.4, -0.2) is 34.8 Å². The molecule has 0 spiro atoms. The van der Waals surface area contributed by atoms with Crippen LogP contribution in [0.1, 0.15) is 0 Å². The molecule has 0 saturated carbocycles. The van der Waals surface area contributed by atoms with Crippen molar-refractivity contribution in [2.75, 3.05) is 23.7 Å². The van der Waals surface area contributed by atoms with Crippen LogP contribution in [-0.2, 0) is 0 Å². The molecule has 0 saturated heterocycles. The number of rotatable bonds is 6. The van der Waals surface area contributed by atoms with Gasteiger partial charge < -0.3 is 10.6 Å². The summed E-state index contributed by atoms with van der Waals surface area (Å²) in [6.07, 6.45) is 0. The van der Waals surface area contributed by atoms with Crippen molar-refractivity contribution in [2.45, 2.75) is 0 Å². The molecule has 2 rings (SSSR count). The van der Waals surface area contributed by atoms with Gasteiger partial charge in [0.2, 0.25) is 5.96 Å². The van der Waals surface area contributed by atoms with Gasteiger partial charge in [-0.15, -0.1) is 0 Å². The molecule has 0 unspecified atom stereocenters. The van der Waals surface area contributed by atoms with Crippen molar-refractivity contribution in [1.29, 1.82) is 0 Å². The summed E-state index contributed by atoms with van der Waals surface area (Å²) in [5, 5.41) is 23.8. The van der Waals surface area contributed by atoms with Gasteiger partial charge in [-0.1, -0.05) is 36.4 Å². The van der Waals surface area contributed by atoms with Crippen molar-refractivity contribution in [3.63, 3.8) is 0 Å². The molecule has 0 aliphatic heterocycles. The second-order valence-corrected chi connectivity index (χ2v) is 4.42. The van der Waals surface area contributed by atoms with Crippen molar-refractivity contribution in [2.24, 2.45) is 4.99 Å². The zero-order valence-corrected chi connectivity index (χ0v) is 12.0. The number of para-hydroxylation sites is 2. The maximum atomic E-state index is 8.88. The predicted molar refractivity (Wildman–Crippen MR) is 85.8 cm³/mol. The van der Waals surface area contributed by atoms with Crippen LogP contribution in [0.25, 0.3) is 0 Å². The molecule has 2 aromatic rings. The zero-order chi connectivity index (χ0) is 15.6. The van der Waals surface area contributed by atoms with Gasteiger partial charge in [0.1, 0.15) is 0 Å². The van der Waals surface area contributed by atoms with Crippen LogP contribution >= 0.6 is 0 Å². The van der Waals surface area contributed by atoms with E-state index in [1.165, 1.54) is 0 Å². The van der Waals surface area contributed by atoms with Gasteiger partial charge in [0.25, 0.3) is 0 Å². The number of hydrazine groups is 1. The number of aliphatic imine (C=N–C) groups is 1. The Morgan fingerprint density at radius 1 is 0.909 bits per heavy atom. The molecule has 0 radical (unpaired) electrons. The molecule has 22 heavy (non-hydrogen) atoms. The number of hydrogen-bond donors (Lipinski definition) is 5. The van der Waals surface area contributed by atoms with Crippen LogP contribution in [0.5, 0.6) is 0 Å². The van der Waals surface area contributed by atoms with E-state index in [1.807, 2.05) is 60.7 Å². The van der Waals surface area contributed by atoms with E-state index in [0.717, 1.165) is 11.4 Å². The highest BCUT2D eigenvalue weighted by molar-refractivity contribution is 5.93. The highest BCUT2D eigenvalue weighted by Crippen LogP contribution is 2.05. The van der Waals surface area contributed by atoms with Gasteiger partial charge in [0.15, 0.2) is 0 Å². The first-order valence-electron chi connectivity index (χ1n) is 6.84. The van der Waals surface area contributed by atoms with Gasteiger partial charge in [0.05, 0.1) is 6.54 Å². The second kappa shape index (κ2) is 8.63. The average molecular weight is 301 g/mol. The Labute approximate surface area is 128 Å². The van der Waals surface area contributed by atoms with Crippen LogP contribution in [0.4, 0.5) is 11.4 Å². The van der Waals surface area contributed by atoms with E-state index in [1.54, 1.807) is 0 Å². The SMILES string of the molecule is ON(O)NC(=NCCNc1ccccc1)Nc1ccccc1. The number of benzene rings is 2. The van der Waals surface area contributed by atoms with E-state index < -0.39 is 0 Å². The molecule has 7 heteroatoms. The number of nitrogens with one attached hydrogen (secondary N) is 3. The first-order chi connectivity index (χ1) is 10.7. The second-order valence-electron chi connectivity index (χ2n) is 4.42. The number of hydrogen-bond acceptors (Lipinski definition) is 5. The topological polar surface area (TPSA) is 92.2 Å². The summed E-state index contributed by atoms with van der Waals surface area (Å²) in [6.45, 7) is 1.06. The third-order valence-electron chi connectivity index (χ3n) is 2.73. The zero-order valence-electron chi connectivity index (χ0n) is 12.0. The fourth-order valence-electron chi connectivity index (χ4n) is 1.78. The van der Waals surface area contributed by atoms with Crippen molar-refractivity contribution in [1.82, 2.24) is 10.8 Å². The molecule has 0 fully saturated rings. The predicted octanol–water partition coefficient (Wildman–Crippen LogP) is 2.15. The normalized spacial score (nSPS) is 11.3. The van der Waals surface area contributed by atoms with E-state index in [9.17, 15) is 0 Å². The Kier molecular flexibility index (Phi) is 6.18. The largest absolute Gasteiger partial charge is 0.383 e. The fraction of sp³-hybridized carbons (Fsp3) is 0.133. The maximum Gasteiger partial charge on any atom is 0.214 e. The van der Waals surface area contributed by atoms with Gasteiger partial charge in [-0.25, -0.2) is 10.4 Å². The van der Waals surface area contributed by atoms with E-state index in [0.29, 0.717) is 13.1 Å². The minimum atomic E-state index is -0.139. The third kappa shape index (κ3) is 5.80. The minimum absolute atomic E-state index is 0.139. The van der Waals surface area contributed by atoms with Crippen LogP contribution < -0.4 is 16.1 Å². The first kappa shape index (κ1) is 15.8. The molecule has 0 atom stereocenters. The number of nitrogens with zero attached hydrogens (tertiary/aromatic N) is 2. The number of guanidine groups is 1. The van der Waals surface area contributed by atoms with Crippen LogP contribution in [0.2, 0.25) is 0 Å². The molecule has 116 valence electrons. The average Bonchev–Trinajstić information content (AvgIpc) is 2.53. The Morgan fingerprint density at radius 2 is 1.50 bits per heavy atom. The standard InChI is InChI=1S/C15H19N5O2/c21-20(22)19-15(18-14-9-5-2-6-10-14)17-12-11-16-13-7-3-1-4-8-13/h1-10,16,21-22H,11-12H2,(H2,17,18,19). The third-order valence-corrected chi connectivity index (χ3v) is 2.73. The molecular formula is C15H19N5O2. The molecular weight excluding hydrogens is 282 g/mol. The summed E-state index contributed by atoms with van der Waals surface area (Å²) in [6, 6.07) is 19.1. The summed E-state index contributed by atoms with van der Waals surface area (Å²) in [5.41, 5.74) is 4.07. The fourth-order valence-corrected chi connectivity index (χ4v) is 1.78. The molecule has 5 N–H and O–H groups in total. The van der Waals surface area contributed by atoms with Gasteiger partial charge in [-0.3, -0.25) is 10.4 Å². The van der Waals surface area contributed by atoms with Gasteiger partial charge in [0, 0.05) is 23.3 Å². The van der Waals surface area contributed by atoms with Crippen molar-refractivity contribution in [3.8, 4) is 0 Å². The number of anilines is 2. The lowest BCUT2D eigenvalue weighted by atomic mass is 10.3. The first-order valence-corrected chi connectivity index (χ1v) is 6.84. The molecule has 0 bridgehead atoms. The molecule has 0 aliphatic carbocycles. The van der Waals surface area contributed by atoms with Gasteiger partial charge >= 0.3 is 0 Å². The molecule has 2 aromatic carbocycles. The Balaban J connectivity index is 1.87. The smallest absolute Gasteiger partial charge is 0.214 e. The van der Waals surface area contributed by atoms with Crippen molar-refractivity contribution < 1.29 is 10.4 Å². The summed E-state index contributed by atoms with van der Waals surface area (Å²) < 4.78 is 0. The highest BCUT2D eigenvalue weighted by atomic mass is 16.8. The molecule has 0 heterocycles. The summed E-state index contributed by atoms with van der Waals surface area (Å²) in [4.78, 5) is 4.24. The Morgan fingerprint density at radius 3 is 2.09 bits per heavy atom. The van der Waals surface area contributed by atoms with E-state index >= 15 is 0 Å². The van der Waals surface area contributed by atoms with Gasteiger partial charge in [-0.2, -0.15) is 0 Å². The molecule has 0 aromatic heterocycles. The summed E-state index contributed by atoms with van der Waals surface area (Å²) in [5.74, 6) is 0.228. The quantitative estimate of drug-likeness (QED) is 0.243. The van der Waals surface area contributed by atoms with E-state index in [-0.39, 0.29) is 11.3 Å². The monoisotopic (exact) mass is 301 g/mol. The lowest BCUT2D eigenvalue weighted by Gasteiger charge is -2.14. The maximum absolute atomic E-state index is 8.88. The molecule has 0 aliphatic rings. The minimum Gasteiger partial charge on any atom is -0.383 e. The summed E-state index contributed by atoms with van der Waals surface area (Å²) in [7, 11) is 0. The molecule has 0 amide bonds. The summed E-state index contributed by atoms with van der Waals surface area (Å²) >= 11 is 0. The van der Waals surface area contributed by atoms with Gasteiger partial charge in [-0.05, 0) is 24.3 Å². The Bertz CT molecular complexity index is 575. The van der Waals surface area contributed by atoms with E-state index in [2.05, 4.69) is 21.1 Å². The van der Waals surface area contributed by atoms with Crippen LogP contribution in [0.3, 0.4) is 0 Å². The van der Waals surface area contributed by atoms with E-state index in [4.69, 9.17) is 10.4 Å². The van der Waals surface area contributed by atoms with Crippen molar-refractivity contribution in [3.05, 3.63) is 60.7 Å². The van der Waals surface area contributed by atoms with Crippen LogP contribution in [0.15, 0.2) is 65.7 Å². The Hall–Kier alpha value is -2.61. The lowest BCUT2D eigenvalue weighted by Crippen LogP contribution is -2.41. The molecule has 7 nitrogen and oxygen atoms in total. The van der Waals surface area contributed by atoms with Crippen molar-refractivity contribution >= 4 is 17.3 Å². The lowest BCUT2D eigenvalue weighted by molar-refractivity contribution is -0.329. The van der Waals surface area contributed by atoms with Crippen LogP contribution in [0, 0.1) is 0 Å².